The lowest BCUT2D eigenvalue weighted by atomic mass is 10.2. The van der Waals surface area contributed by atoms with Crippen LogP contribution in [0.5, 0.6) is 0 Å². The van der Waals surface area contributed by atoms with Gasteiger partial charge in [-0.05, 0) is 30.9 Å². The minimum atomic E-state index is 0.0645. The molecule has 0 radical (unpaired) electrons. The van der Waals surface area contributed by atoms with E-state index < -0.39 is 0 Å². The molecule has 0 aromatic carbocycles. The highest BCUT2D eigenvalue weighted by atomic mass is 32.1. The maximum Gasteiger partial charge on any atom is 0.221 e. The van der Waals surface area contributed by atoms with Crippen LogP contribution < -0.4 is 10.6 Å². The van der Waals surface area contributed by atoms with Crippen LogP contribution in [0.15, 0.2) is 11.4 Å². The second-order valence-electron chi connectivity index (χ2n) is 4.24. The van der Waals surface area contributed by atoms with Gasteiger partial charge in [0.25, 0.3) is 0 Å². The lowest BCUT2D eigenvalue weighted by molar-refractivity contribution is -0.121. The molecular weight excluding hydrogens is 248 g/mol. The Hall–Kier alpha value is -0.910. The number of thiophene rings is 1. The predicted octanol–water partition coefficient (Wildman–Crippen LogP) is 1.86. The van der Waals surface area contributed by atoms with Crippen molar-refractivity contribution in [1.82, 2.24) is 10.6 Å². The van der Waals surface area contributed by atoms with Crippen LogP contribution in [-0.4, -0.2) is 32.7 Å². The molecule has 1 atom stereocenters. The van der Waals surface area contributed by atoms with E-state index in [1.807, 2.05) is 0 Å². The van der Waals surface area contributed by atoms with Gasteiger partial charge in [0.05, 0.1) is 6.61 Å². The van der Waals surface area contributed by atoms with Crippen LogP contribution in [0.2, 0.25) is 0 Å². The van der Waals surface area contributed by atoms with Crippen LogP contribution in [0.25, 0.3) is 0 Å². The molecule has 0 saturated carbocycles. The number of carbonyl (C=O) groups is 1. The molecule has 1 amide bonds. The summed E-state index contributed by atoms with van der Waals surface area (Å²) < 4.78 is 4.87. The van der Waals surface area contributed by atoms with Gasteiger partial charge < -0.3 is 15.4 Å². The number of hydrogen-bond acceptors (Lipinski definition) is 4. The number of amides is 1. The topological polar surface area (TPSA) is 50.4 Å². The van der Waals surface area contributed by atoms with Crippen molar-refractivity contribution in [3.8, 4) is 0 Å². The Bertz CT molecular complexity index is 366. The zero-order valence-electron chi connectivity index (χ0n) is 11.3. The number of aryl methyl sites for hydroxylation is 1. The van der Waals surface area contributed by atoms with Gasteiger partial charge in [0, 0.05) is 37.5 Å². The standard InChI is InChI=1S/C13H22N2O2S/c1-10-5-9-18-13(10)11(2)14-6-4-12(16)15-7-8-17-3/h5,9,11,14H,4,6-8H2,1-3H3,(H,15,16). The number of nitrogens with one attached hydrogen (secondary N) is 2. The molecule has 5 heteroatoms. The monoisotopic (exact) mass is 270 g/mol. The van der Waals surface area contributed by atoms with Crippen LogP contribution in [0.3, 0.4) is 0 Å². The van der Waals surface area contributed by atoms with Gasteiger partial charge in [-0.3, -0.25) is 4.79 Å². The van der Waals surface area contributed by atoms with E-state index in [-0.39, 0.29) is 5.91 Å². The number of methoxy groups -OCH3 is 1. The van der Waals surface area contributed by atoms with Crippen molar-refractivity contribution < 1.29 is 9.53 Å². The number of hydrogen-bond donors (Lipinski definition) is 2. The van der Waals surface area contributed by atoms with Gasteiger partial charge in [0.2, 0.25) is 5.91 Å². The van der Waals surface area contributed by atoms with E-state index in [2.05, 4.69) is 35.9 Å². The molecule has 0 spiro atoms. The minimum absolute atomic E-state index is 0.0645. The van der Waals surface area contributed by atoms with E-state index in [1.165, 1.54) is 10.4 Å². The fourth-order valence-electron chi connectivity index (χ4n) is 1.70. The van der Waals surface area contributed by atoms with Crippen molar-refractivity contribution in [2.24, 2.45) is 0 Å². The minimum Gasteiger partial charge on any atom is -0.383 e. The first-order valence-electron chi connectivity index (χ1n) is 6.18. The second-order valence-corrected chi connectivity index (χ2v) is 5.18. The molecule has 0 fully saturated rings. The van der Waals surface area contributed by atoms with Gasteiger partial charge in [0.1, 0.15) is 0 Å². The number of carbonyl (C=O) groups excluding carboxylic acids is 1. The third kappa shape index (κ3) is 5.16. The average molecular weight is 270 g/mol. The van der Waals surface area contributed by atoms with E-state index in [0.29, 0.717) is 32.2 Å². The largest absolute Gasteiger partial charge is 0.383 e. The summed E-state index contributed by atoms with van der Waals surface area (Å²) >= 11 is 1.75. The van der Waals surface area contributed by atoms with E-state index in [4.69, 9.17) is 4.74 Å². The summed E-state index contributed by atoms with van der Waals surface area (Å²) in [7, 11) is 1.62. The lowest BCUT2D eigenvalue weighted by Crippen LogP contribution is -2.30. The Kier molecular flexibility index (Phi) is 6.93. The Morgan fingerprint density at radius 1 is 1.50 bits per heavy atom. The number of ether oxygens (including phenoxy) is 1. The van der Waals surface area contributed by atoms with Gasteiger partial charge >= 0.3 is 0 Å². The zero-order valence-corrected chi connectivity index (χ0v) is 12.1. The van der Waals surface area contributed by atoms with Crippen molar-refractivity contribution in [1.29, 1.82) is 0 Å². The Balaban J connectivity index is 2.18. The molecule has 1 heterocycles. The summed E-state index contributed by atoms with van der Waals surface area (Å²) in [6, 6.07) is 2.42. The van der Waals surface area contributed by atoms with Crippen LogP contribution in [-0.2, 0) is 9.53 Å². The molecule has 1 rings (SSSR count). The summed E-state index contributed by atoms with van der Waals surface area (Å²) in [6.45, 7) is 6.07. The van der Waals surface area contributed by atoms with Gasteiger partial charge in [-0.25, -0.2) is 0 Å². The average Bonchev–Trinajstić information content (AvgIpc) is 2.76. The van der Waals surface area contributed by atoms with E-state index in [1.54, 1.807) is 18.4 Å². The molecule has 0 saturated heterocycles. The maximum absolute atomic E-state index is 11.4. The van der Waals surface area contributed by atoms with Crippen molar-refractivity contribution in [2.75, 3.05) is 26.8 Å². The molecule has 18 heavy (non-hydrogen) atoms. The molecule has 0 bridgehead atoms. The quantitative estimate of drug-likeness (QED) is 0.709. The summed E-state index contributed by atoms with van der Waals surface area (Å²) in [6.07, 6.45) is 0.498. The molecular formula is C13H22N2O2S. The molecule has 1 aromatic heterocycles. The highest BCUT2D eigenvalue weighted by Gasteiger charge is 2.09. The smallest absolute Gasteiger partial charge is 0.221 e. The summed E-state index contributed by atoms with van der Waals surface area (Å²) in [5.41, 5.74) is 1.31. The van der Waals surface area contributed by atoms with Gasteiger partial charge in [-0.2, -0.15) is 0 Å². The van der Waals surface area contributed by atoms with E-state index in [0.717, 1.165) is 0 Å². The zero-order chi connectivity index (χ0) is 13.4. The maximum atomic E-state index is 11.4. The fourth-order valence-corrected chi connectivity index (χ4v) is 2.66. The highest BCUT2D eigenvalue weighted by molar-refractivity contribution is 7.10. The summed E-state index contributed by atoms with van der Waals surface area (Å²) in [5.74, 6) is 0.0645. The third-order valence-electron chi connectivity index (χ3n) is 2.73. The van der Waals surface area contributed by atoms with Crippen LogP contribution in [0.1, 0.15) is 29.8 Å². The Morgan fingerprint density at radius 3 is 2.89 bits per heavy atom. The predicted molar refractivity (Wildman–Crippen MR) is 75.0 cm³/mol. The van der Waals surface area contributed by atoms with Gasteiger partial charge in [0.15, 0.2) is 0 Å². The number of rotatable bonds is 8. The van der Waals surface area contributed by atoms with Crippen LogP contribution >= 0.6 is 11.3 Å². The van der Waals surface area contributed by atoms with Crippen LogP contribution in [0, 0.1) is 6.92 Å². The Labute approximate surface area is 113 Å². The third-order valence-corrected chi connectivity index (χ3v) is 3.93. The normalized spacial score (nSPS) is 12.4. The molecule has 0 aliphatic carbocycles. The molecule has 1 aromatic rings. The van der Waals surface area contributed by atoms with Crippen molar-refractivity contribution in [2.45, 2.75) is 26.3 Å². The van der Waals surface area contributed by atoms with Gasteiger partial charge in [-0.15, -0.1) is 11.3 Å². The first-order chi connectivity index (χ1) is 8.65. The molecule has 2 N–H and O–H groups in total. The molecule has 0 aliphatic heterocycles. The molecule has 0 aliphatic rings. The lowest BCUT2D eigenvalue weighted by Gasteiger charge is -2.13. The molecule has 102 valence electrons. The highest BCUT2D eigenvalue weighted by Crippen LogP contribution is 2.23. The Morgan fingerprint density at radius 2 is 2.28 bits per heavy atom. The van der Waals surface area contributed by atoms with Crippen molar-refractivity contribution in [3.63, 3.8) is 0 Å². The van der Waals surface area contributed by atoms with Gasteiger partial charge in [-0.1, -0.05) is 0 Å². The summed E-state index contributed by atoms with van der Waals surface area (Å²) in [5, 5.41) is 8.27. The first kappa shape index (κ1) is 15.1. The SMILES string of the molecule is COCCNC(=O)CCNC(C)c1sccc1C. The van der Waals surface area contributed by atoms with E-state index in [9.17, 15) is 4.79 Å². The van der Waals surface area contributed by atoms with E-state index >= 15 is 0 Å². The molecule has 4 nitrogen and oxygen atoms in total. The molecule has 1 unspecified atom stereocenters. The summed E-state index contributed by atoms with van der Waals surface area (Å²) in [4.78, 5) is 12.8. The fraction of sp³-hybridized carbons (Fsp3) is 0.615. The van der Waals surface area contributed by atoms with Crippen LogP contribution in [0.4, 0.5) is 0 Å². The van der Waals surface area contributed by atoms with Crippen molar-refractivity contribution in [3.05, 3.63) is 21.9 Å². The van der Waals surface area contributed by atoms with Crippen molar-refractivity contribution >= 4 is 17.2 Å². The second kappa shape index (κ2) is 8.24. The first-order valence-corrected chi connectivity index (χ1v) is 7.06.